The minimum Gasteiger partial charge on any atom is -0.465 e. The van der Waals surface area contributed by atoms with Crippen molar-refractivity contribution in [2.24, 2.45) is 0 Å². The molecule has 1 aromatic carbocycles. The Morgan fingerprint density at radius 1 is 0.738 bits per heavy atom. The molecule has 0 fully saturated rings. The summed E-state index contributed by atoms with van der Waals surface area (Å²) in [4.78, 5) is 14.1. The van der Waals surface area contributed by atoms with Gasteiger partial charge in [0.1, 0.15) is 35.4 Å². The molecule has 6 nitrogen and oxygen atoms in total. The van der Waals surface area contributed by atoms with Crippen LogP contribution in [0.25, 0.3) is 22.3 Å². The van der Waals surface area contributed by atoms with E-state index in [1.54, 1.807) is 24.3 Å². The van der Waals surface area contributed by atoms with E-state index in [1.807, 2.05) is 86.7 Å². The zero-order chi connectivity index (χ0) is 30.2. The average molecular weight is 563 g/mol. The first-order valence-corrected chi connectivity index (χ1v) is 13.6. The molecule has 0 saturated heterocycles. The van der Waals surface area contributed by atoms with Crippen molar-refractivity contribution in [3.63, 3.8) is 0 Å². The summed E-state index contributed by atoms with van der Waals surface area (Å²) in [5.74, 6) is 5.74. The number of carbonyl (C=O) groups is 1. The molecule has 0 N–H and O–H groups in total. The standard InChI is InChI=1S/C35H22N4O2S/c1-22(2)24-10-7-11-28-29(16-24)31(35(40)41-3)17-30(28)33(25(18-36)19-37)34(26(20-38)21-39)32-15-14-27(42-32)13-12-23-8-5-4-6-9-23/h4-11,14-17,22H,1-3H3. The maximum Gasteiger partial charge on any atom is 0.338 e. The van der Waals surface area contributed by atoms with Crippen LogP contribution in [0, 0.1) is 57.2 Å². The highest BCUT2D eigenvalue weighted by Gasteiger charge is 2.29. The van der Waals surface area contributed by atoms with Gasteiger partial charge in [-0.25, -0.2) is 4.79 Å². The van der Waals surface area contributed by atoms with E-state index < -0.39 is 5.97 Å². The Balaban J connectivity index is 2.04. The number of hydrogen-bond donors (Lipinski definition) is 0. The lowest BCUT2D eigenvalue weighted by Crippen LogP contribution is -2.00. The molecule has 1 heterocycles. The molecule has 0 radical (unpaired) electrons. The predicted octanol–water partition coefficient (Wildman–Crippen LogP) is 7.46. The average Bonchev–Trinajstić information content (AvgIpc) is 3.55. The zero-order valence-electron chi connectivity index (χ0n) is 23.0. The smallest absolute Gasteiger partial charge is 0.338 e. The second kappa shape index (κ2) is 13.0. The summed E-state index contributed by atoms with van der Waals surface area (Å²) in [7, 11) is 1.28. The van der Waals surface area contributed by atoms with E-state index in [-0.39, 0.29) is 33.8 Å². The van der Waals surface area contributed by atoms with E-state index in [0.717, 1.165) is 11.1 Å². The Hall–Kier alpha value is -5.91. The van der Waals surface area contributed by atoms with E-state index in [9.17, 15) is 25.8 Å². The largest absolute Gasteiger partial charge is 0.465 e. The highest BCUT2D eigenvalue weighted by molar-refractivity contribution is 7.13. The number of thiophene rings is 1. The summed E-state index contributed by atoms with van der Waals surface area (Å²) in [5, 5.41) is 40.1. The Bertz CT molecular complexity index is 1930. The molecule has 0 aliphatic heterocycles. The summed E-state index contributed by atoms with van der Waals surface area (Å²) >= 11 is 1.23. The molecule has 0 atom stereocenters. The quantitative estimate of drug-likeness (QED) is 0.108. The molecule has 7 heteroatoms. The first-order chi connectivity index (χ1) is 20.4. The Morgan fingerprint density at radius 3 is 2.02 bits per heavy atom. The molecule has 4 rings (SSSR count). The van der Waals surface area contributed by atoms with Crippen molar-refractivity contribution >= 4 is 28.5 Å². The topological polar surface area (TPSA) is 121 Å². The maximum absolute atomic E-state index is 12.9. The molecule has 2 aliphatic carbocycles. The van der Waals surface area contributed by atoms with Crippen LogP contribution < -0.4 is 0 Å². The summed E-state index contributed by atoms with van der Waals surface area (Å²) in [5.41, 5.74) is 3.12. The maximum atomic E-state index is 12.9. The third kappa shape index (κ3) is 5.82. The van der Waals surface area contributed by atoms with Crippen LogP contribution in [0.15, 0.2) is 83.9 Å². The summed E-state index contributed by atoms with van der Waals surface area (Å²) < 4.78 is 5.07. The molecule has 0 amide bonds. The Labute approximate surface area is 248 Å². The second-order valence-electron chi connectivity index (χ2n) is 9.34. The molecule has 42 heavy (non-hydrogen) atoms. The van der Waals surface area contributed by atoms with Gasteiger partial charge in [-0.1, -0.05) is 68.2 Å². The van der Waals surface area contributed by atoms with E-state index >= 15 is 0 Å². The fourth-order valence-electron chi connectivity index (χ4n) is 4.47. The number of hydrogen-bond acceptors (Lipinski definition) is 7. The van der Waals surface area contributed by atoms with Crippen LogP contribution in [-0.4, -0.2) is 13.1 Å². The highest BCUT2D eigenvalue weighted by atomic mass is 32.1. The van der Waals surface area contributed by atoms with Gasteiger partial charge < -0.3 is 4.74 Å². The number of esters is 1. The number of benzene rings is 1. The van der Waals surface area contributed by atoms with Crippen molar-refractivity contribution in [2.45, 2.75) is 19.8 Å². The van der Waals surface area contributed by atoms with Gasteiger partial charge in [-0.05, 0) is 58.5 Å². The van der Waals surface area contributed by atoms with Crippen LogP contribution in [0.4, 0.5) is 0 Å². The van der Waals surface area contributed by atoms with Gasteiger partial charge in [-0.15, -0.1) is 11.3 Å². The number of nitrogens with zero attached hydrogens (tertiary/aromatic N) is 4. The molecule has 0 saturated carbocycles. The van der Waals surface area contributed by atoms with Crippen molar-refractivity contribution in [1.82, 2.24) is 0 Å². The summed E-state index contributed by atoms with van der Waals surface area (Å²) in [6, 6.07) is 29.6. The molecule has 2 aromatic rings. The van der Waals surface area contributed by atoms with Gasteiger partial charge >= 0.3 is 5.97 Å². The van der Waals surface area contributed by atoms with Gasteiger partial charge in [-0.3, -0.25) is 0 Å². The van der Waals surface area contributed by atoms with Crippen molar-refractivity contribution in [1.29, 1.82) is 21.0 Å². The SMILES string of the molecule is COC(=O)c1cc(C(=C(C#N)C#N)C(=C(C#N)C#N)c2ccc(C#Cc3ccccc3)s2)c2cccc(C(C)C)cc1-2. The first kappa shape index (κ1) is 29.1. The number of methoxy groups -OCH3 is 1. The van der Waals surface area contributed by atoms with Crippen LogP contribution in [-0.2, 0) is 4.74 Å². The third-order valence-corrected chi connectivity index (χ3v) is 7.53. The molecule has 0 bridgehead atoms. The third-order valence-electron chi connectivity index (χ3n) is 6.52. The van der Waals surface area contributed by atoms with Crippen LogP contribution in [0.5, 0.6) is 0 Å². The van der Waals surface area contributed by atoms with Gasteiger partial charge in [-0.2, -0.15) is 21.0 Å². The van der Waals surface area contributed by atoms with Crippen LogP contribution in [0.1, 0.15) is 56.6 Å². The fraction of sp³-hybridized carbons (Fsp3) is 0.114. The second-order valence-corrected chi connectivity index (χ2v) is 10.4. The van der Waals surface area contributed by atoms with Gasteiger partial charge in [0.25, 0.3) is 0 Å². The highest BCUT2D eigenvalue weighted by Crippen LogP contribution is 2.45. The van der Waals surface area contributed by atoms with Gasteiger partial charge in [0, 0.05) is 21.6 Å². The molecule has 2 aliphatic rings. The Morgan fingerprint density at radius 2 is 1.40 bits per heavy atom. The number of fused-ring (bicyclic) bond motifs is 1. The number of carbonyl (C=O) groups excluding carboxylic acids is 1. The zero-order valence-corrected chi connectivity index (χ0v) is 23.8. The molecule has 200 valence electrons. The van der Waals surface area contributed by atoms with Gasteiger partial charge in [0.05, 0.1) is 17.6 Å². The predicted molar refractivity (Wildman–Crippen MR) is 162 cm³/mol. The first-order valence-electron chi connectivity index (χ1n) is 12.8. The minimum absolute atomic E-state index is 0.0833. The van der Waals surface area contributed by atoms with Gasteiger partial charge in [0.15, 0.2) is 0 Å². The fourth-order valence-corrected chi connectivity index (χ4v) is 5.39. The van der Waals surface area contributed by atoms with E-state index in [0.29, 0.717) is 26.4 Å². The summed E-state index contributed by atoms with van der Waals surface area (Å²) in [6.07, 6.45) is 0. The normalized spacial score (nSPS) is 9.81. The Kier molecular flexibility index (Phi) is 8.98. The number of ether oxygens (including phenoxy) is 1. The minimum atomic E-state index is -0.595. The van der Waals surface area contributed by atoms with Crippen molar-refractivity contribution < 1.29 is 9.53 Å². The lowest BCUT2D eigenvalue weighted by atomic mass is 9.88. The lowest BCUT2D eigenvalue weighted by molar-refractivity contribution is 0.0602. The van der Waals surface area contributed by atoms with E-state index in [2.05, 4.69) is 11.8 Å². The monoisotopic (exact) mass is 562 g/mol. The lowest BCUT2D eigenvalue weighted by Gasteiger charge is -2.12. The molecule has 0 unspecified atom stereocenters. The van der Waals surface area contributed by atoms with Crippen molar-refractivity contribution in [3.8, 4) is 47.2 Å². The molecular weight excluding hydrogens is 540 g/mol. The molecule has 1 aromatic heterocycles. The van der Waals surface area contributed by atoms with Crippen LogP contribution in [0.3, 0.4) is 0 Å². The van der Waals surface area contributed by atoms with Gasteiger partial charge in [0.2, 0.25) is 0 Å². The van der Waals surface area contributed by atoms with Crippen LogP contribution in [0.2, 0.25) is 0 Å². The van der Waals surface area contributed by atoms with Crippen molar-refractivity contribution in [2.75, 3.05) is 7.11 Å². The molecule has 0 spiro atoms. The van der Waals surface area contributed by atoms with Crippen LogP contribution >= 0.6 is 11.3 Å². The van der Waals surface area contributed by atoms with Crippen molar-refractivity contribution in [3.05, 3.63) is 116 Å². The molecular formula is C35H22N4O2S. The number of rotatable bonds is 5. The van der Waals surface area contributed by atoms with E-state index in [1.165, 1.54) is 18.4 Å². The summed E-state index contributed by atoms with van der Waals surface area (Å²) in [6.45, 7) is 4.05. The number of nitriles is 4. The number of allylic oxidation sites excluding steroid dienone is 4. The van der Waals surface area contributed by atoms with E-state index in [4.69, 9.17) is 4.74 Å².